The topological polar surface area (TPSA) is 166 Å². The third-order valence-electron chi connectivity index (χ3n) is 6.92. The Balaban J connectivity index is 0.000000159. The van der Waals surface area contributed by atoms with Crippen LogP contribution < -0.4 is 0 Å². The summed E-state index contributed by atoms with van der Waals surface area (Å²) in [5, 5.41) is 40.3. The molecule has 0 radical (unpaired) electrons. The highest BCUT2D eigenvalue weighted by Crippen LogP contribution is 2.43. The second-order valence-corrected chi connectivity index (χ2v) is 9.93. The number of ether oxygens (including phenoxy) is 1. The number of aromatic nitrogens is 4. The minimum absolute atomic E-state index is 0.00926. The standard InChI is InChI=1S/C11H17N3O3.C8H14O.C3H3N3O2/c1-9-2-4-11(15,5-3-9)8-13-7-10(6-12-13)14(16)17;1-7-2-4-8(5-3-7)6-9-8;7-6(8)3-1-4-5-2-3/h6-7,9,15H,2-5,8H2,1H3;7H,2-6H2,1H3;1-2H,(H,4,5). The number of rotatable bonds is 4. The summed E-state index contributed by atoms with van der Waals surface area (Å²) in [4.78, 5) is 19.3. The third-order valence-corrected chi connectivity index (χ3v) is 6.92. The Morgan fingerprint density at radius 1 is 1.06 bits per heavy atom. The van der Waals surface area contributed by atoms with Crippen LogP contribution in [0.2, 0.25) is 0 Å². The summed E-state index contributed by atoms with van der Waals surface area (Å²) in [5.41, 5.74) is -0.387. The summed E-state index contributed by atoms with van der Waals surface area (Å²) < 4.78 is 6.85. The van der Waals surface area contributed by atoms with Crippen LogP contribution in [0.1, 0.15) is 65.2 Å². The molecule has 0 bridgehead atoms. The molecular formula is C22H34N6O6. The highest BCUT2D eigenvalue weighted by atomic mass is 16.6. The first kappa shape index (κ1) is 25.8. The summed E-state index contributed by atoms with van der Waals surface area (Å²) in [6, 6.07) is 0. The molecule has 2 aromatic heterocycles. The molecule has 1 saturated heterocycles. The highest BCUT2D eigenvalue weighted by molar-refractivity contribution is 5.21. The SMILES string of the molecule is CC1CCC(O)(Cn2cc([N+](=O)[O-])cn2)CC1.CC1CCC2(CC1)CO2.O=[N+]([O-])c1cn[nH]c1. The molecule has 12 heteroatoms. The van der Waals surface area contributed by atoms with Crippen LogP contribution in [-0.2, 0) is 11.3 Å². The molecule has 34 heavy (non-hydrogen) atoms. The van der Waals surface area contributed by atoms with E-state index in [0.29, 0.717) is 18.1 Å². The molecule has 188 valence electrons. The maximum Gasteiger partial charge on any atom is 0.306 e. The minimum atomic E-state index is -0.758. The van der Waals surface area contributed by atoms with E-state index in [2.05, 4.69) is 29.1 Å². The van der Waals surface area contributed by atoms with E-state index < -0.39 is 15.4 Å². The predicted octanol–water partition coefficient (Wildman–Crippen LogP) is 4.02. The average molecular weight is 479 g/mol. The summed E-state index contributed by atoms with van der Waals surface area (Å²) >= 11 is 0. The fourth-order valence-electron chi connectivity index (χ4n) is 4.32. The molecule has 0 unspecified atom stereocenters. The van der Waals surface area contributed by atoms with Gasteiger partial charge >= 0.3 is 11.4 Å². The quantitative estimate of drug-likeness (QED) is 0.378. The molecule has 3 fully saturated rings. The van der Waals surface area contributed by atoms with Gasteiger partial charge in [-0.25, -0.2) is 0 Å². The van der Waals surface area contributed by atoms with Gasteiger partial charge in [0.05, 0.1) is 40.4 Å². The fraction of sp³-hybridized carbons (Fsp3) is 0.727. The van der Waals surface area contributed by atoms with Crippen LogP contribution in [0.5, 0.6) is 0 Å². The van der Waals surface area contributed by atoms with Gasteiger partial charge in [-0.2, -0.15) is 10.2 Å². The second kappa shape index (κ2) is 11.0. The van der Waals surface area contributed by atoms with Crippen molar-refractivity contribution in [3.8, 4) is 0 Å². The monoisotopic (exact) mass is 478 g/mol. The molecular weight excluding hydrogens is 444 g/mol. The lowest BCUT2D eigenvalue weighted by Gasteiger charge is -2.34. The van der Waals surface area contributed by atoms with Crippen molar-refractivity contribution in [3.63, 3.8) is 0 Å². The number of aromatic amines is 1. The van der Waals surface area contributed by atoms with Crippen molar-refractivity contribution in [2.45, 2.75) is 83.0 Å². The van der Waals surface area contributed by atoms with E-state index in [9.17, 15) is 25.3 Å². The third kappa shape index (κ3) is 7.59. The van der Waals surface area contributed by atoms with E-state index in [4.69, 9.17) is 4.74 Å². The molecule has 12 nitrogen and oxygen atoms in total. The Morgan fingerprint density at radius 2 is 1.62 bits per heavy atom. The van der Waals surface area contributed by atoms with Crippen molar-refractivity contribution >= 4 is 11.4 Å². The van der Waals surface area contributed by atoms with E-state index in [1.807, 2.05) is 0 Å². The normalized spacial score (nSPS) is 29.9. The first-order valence-electron chi connectivity index (χ1n) is 11.8. The average Bonchev–Trinajstić information content (AvgIpc) is 3.19. The Hall–Kier alpha value is -2.86. The number of nitrogens with one attached hydrogen (secondary N) is 1. The molecule has 3 heterocycles. The van der Waals surface area contributed by atoms with Gasteiger partial charge in [0.2, 0.25) is 0 Å². The molecule has 0 atom stereocenters. The zero-order valence-electron chi connectivity index (χ0n) is 19.8. The largest absolute Gasteiger partial charge is 0.388 e. The lowest BCUT2D eigenvalue weighted by atomic mass is 9.79. The van der Waals surface area contributed by atoms with Crippen molar-refractivity contribution in [2.24, 2.45) is 11.8 Å². The Labute approximate surface area is 198 Å². The molecule has 2 N–H and O–H groups in total. The van der Waals surface area contributed by atoms with Crippen molar-refractivity contribution < 1.29 is 19.7 Å². The molecule has 1 spiro atoms. The number of nitro groups is 2. The Bertz CT molecular complexity index is 924. The molecule has 2 saturated carbocycles. The number of hydrogen-bond acceptors (Lipinski definition) is 8. The smallest absolute Gasteiger partial charge is 0.306 e. The Kier molecular flexibility index (Phi) is 8.37. The van der Waals surface area contributed by atoms with Gasteiger partial charge < -0.3 is 9.84 Å². The number of nitrogens with zero attached hydrogens (tertiary/aromatic N) is 5. The van der Waals surface area contributed by atoms with Crippen LogP contribution >= 0.6 is 0 Å². The number of epoxide rings is 1. The molecule has 2 aliphatic carbocycles. The maximum atomic E-state index is 10.5. The first-order chi connectivity index (χ1) is 16.1. The van der Waals surface area contributed by atoms with E-state index in [0.717, 1.165) is 44.4 Å². The van der Waals surface area contributed by atoms with Crippen LogP contribution in [0.25, 0.3) is 0 Å². The Morgan fingerprint density at radius 3 is 2.03 bits per heavy atom. The van der Waals surface area contributed by atoms with Gasteiger partial charge in [-0.1, -0.05) is 13.8 Å². The van der Waals surface area contributed by atoms with Crippen LogP contribution in [-0.4, -0.2) is 52.7 Å². The lowest BCUT2D eigenvalue weighted by Crippen LogP contribution is -2.38. The van der Waals surface area contributed by atoms with E-state index >= 15 is 0 Å². The van der Waals surface area contributed by atoms with Gasteiger partial charge in [-0.15, -0.1) is 0 Å². The number of aliphatic hydroxyl groups is 1. The van der Waals surface area contributed by atoms with Gasteiger partial charge in [-0.3, -0.25) is 30.0 Å². The zero-order valence-corrected chi connectivity index (χ0v) is 19.8. The summed E-state index contributed by atoms with van der Waals surface area (Å²) in [6.45, 7) is 5.92. The number of hydrogen-bond donors (Lipinski definition) is 2. The van der Waals surface area contributed by atoms with E-state index in [1.165, 1.54) is 49.0 Å². The fourth-order valence-corrected chi connectivity index (χ4v) is 4.32. The maximum absolute atomic E-state index is 10.5. The molecule has 5 rings (SSSR count). The van der Waals surface area contributed by atoms with Crippen LogP contribution in [0.3, 0.4) is 0 Å². The highest BCUT2D eigenvalue weighted by Gasteiger charge is 2.46. The van der Waals surface area contributed by atoms with E-state index in [-0.39, 0.29) is 11.4 Å². The molecule has 0 amide bonds. The van der Waals surface area contributed by atoms with Gasteiger partial charge in [0.25, 0.3) is 0 Å². The second-order valence-electron chi connectivity index (χ2n) is 9.93. The van der Waals surface area contributed by atoms with Crippen LogP contribution in [0, 0.1) is 32.1 Å². The predicted molar refractivity (Wildman–Crippen MR) is 123 cm³/mol. The van der Waals surface area contributed by atoms with Gasteiger partial charge in [-0.05, 0) is 63.2 Å². The van der Waals surface area contributed by atoms with Gasteiger partial charge in [0.1, 0.15) is 18.6 Å². The van der Waals surface area contributed by atoms with Crippen molar-refractivity contribution in [1.29, 1.82) is 0 Å². The molecule has 3 aliphatic rings. The van der Waals surface area contributed by atoms with Crippen molar-refractivity contribution in [2.75, 3.05) is 6.61 Å². The van der Waals surface area contributed by atoms with Crippen molar-refractivity contribution in [3.05, 3.63) is 45.0 Å². The first-order valence-corrected chi connectivity index (χ1v) is 11.8. The van der Waals surface area contributed by atoms with Gasteiger partial charge in [0, 0.05) is 0 Å². The van der Waals surface area contributed by atoms with Crippen LogP contribution in [0.15, 0.2) is 24.8 Å². The minimum Gasteiger partial charge on any atom is -0.388 e. The van der Waals surface area contributed by atoms with E-state index in [1.54, 1.807) is 0 Å². The lowest BCUT2D eigenvalue weighted by molar-refractivity contribution is -0.385. The zero-order chi connectivity index (χ0) is 24.8. The molecule has 2 aromatic rings. The molecule has 1 aliphatic heterocycles. The van der Waals surface area contributed by atoms with Crippen molar-refractivity contribution in [1.82, 2.24) is 20.0 Å². The van der Waals surface area contributed by atoms with Crippen LogP contribution in [0.4, 0.5) is 11.4 Å². The van der Waals surface area contributed by atoms with Gasteiger partial charge in [0.15, 0.2) is 0 Å². The summed E-state index contributed by atoms with van der Waals surface area (Å²) in [7, 11) is 0. The summed E-state index contributed by atoms with van der Waals surface area (Å²) in [6.07, 6.45) is 13.9. The molecule has 0 aromatic carbocycles. The summed E-state index contributed by atoms with van der Waals surface area (Å²) in [5.74, 6) is 1.61. The number of H-pyrrole nitrogens is 1.